The van der Waals surface area contributed by atoms with Crippen molar-refractivity contribution in [2.24, 2.45) is 0 Å². The molecule has 1 radical (unpaired) electrons. The number of rotatable bonds is 0. The summed E-state index contributed by atoms with van der Waals surface area (Å²) < 4.78 is 4.23. The van der Waals surface area contributed by atoms with Crippen molar-refractivity contribution in [2.45, 2.75) is 0 Å². The van der Waals surface area contributed by atoms with Crippen LogP contribution >= 0.6 is 95.6 Å². The number of benzene rings is 3. The Kier molecular flexibility index (Phi) is 16.7. The molecular weight excluding hydrogens is 1080 g/mol. The largest absolute Gasteiger partial charge is 3.00 e. The summed E-state index contributed by atoms with van der Waals surface area (Å²) in [6.45, 7) is 0. The minimum absolute atomic E-state index is 0. The average Bonchev–Trinajstić information content (AvgIpc) is 2.94. The Balaban J connectivity index is 0.000000304. The van der Waals surface area contributed by atoms with E-state index in [-0.39, 0.29) is 68.6 Å². The zero-order valence-corrected chi connectivity index (χ0v) is 32.8. The maximum absolute atomic E-state index is 11.6. The predicted octanol–water partition coefficient (Wildman–Crippen LogP) is 6.85. The first-order chi connectivity index (χ1) is 18.6. The second kappa shape index (κ2) is 17.8. The fraction of sp³-hybridized carbons (Fsp3) is 0. The van der Waals surface area contributed by atoms with Crippen molar-refractivity contribution >= 4 is 128 Å². The zero-order chi connectivity index (χ0) is 28.3. The number of halogens is 6. The Morgan fingerprint density at radius 2 is 0.667 bits per heavy atom. The van der Waals surface area contributed by atoms with Crippen LogP contribution in [0.1, 0.15) is 0 Å². The van der Waals surface area contributed by atoms with Crippen molar-refractivity contribution in [3.8, 4) is 17.2 Å². The van der Waals surface area contributed by atoms with E-state index in [1.54, 1.807) is 55.0 Å². The third-order valence-electron chi connectivity index (χ3n) is 5.25. The van der Waals surface area contributed by atoms with Crippen LogP contribution in [0.5, 0.6) is 17.2 Å². The molecule has 0 atom stereocenters. The van der Waals surface area contributed by atoms with Gasteiger partial charge in [0.15, 0.2) is 0 Å². The molecule has 0 aliphatic heterocycles. The SMILES string of the molecule is O.O.[O-]c1c(Br)cc(Br)c2cccnc12.[O-]c1c(Br)cc(Br)c2cccnc12.[O-]c1c(Br)cc(Br)c2cccnc12.[Sm+3]. The van der Waals surface area contributed by atoms with Gasteiger partial charge in [-0.1, -0.05) is 131 Å². The molecule has 6 aromatic rings. The van der Waals surface area contributed by atoms with Gasteiger partial charge in [0.05, 0.1) is 16.6 Å². The molecular formula is C27H16Br6N3O5Sm. The first-order valence-corrected chi connectivity index (χ1v) is 15.5. The molecule has 4 N–H and O–H groups in total. The van der Waals surface area contributed by atoms with Gasteiger partial charge in [0.2, 0.25) is 0 Å². The molecule has 15 heteroatoms. The minimum atomic E-state index is -0.0706. The van der Waals surface area contributed by atoms with E-state index in [1.165, 1.54) is 0 Å². The van der Waals surface area contributed by atoms with Crippen LogP contribution in [0.4, 0.5) is 0 Å². The topological polar surface area (TPSA) is 171 Å². The van der Waals surface area contributed by atoms with Crippen LogP contribution < -0.4 is 15.3 Å². The number of hydrogen-bond donors (Lipinski definition) is 0. The van der Waals surface area contributed by atoms with E-state index >= 15 is 0 Å². The summed E-state index contributed by atoms with van der Waals surface area (Å²) in [4.78, 5) is 12.1. The maximum atomic E-state index is 11.6. The molecule has 8 nitrogen and oxygen atoms in total. The molecule has 0 aliphatic carbocycles. The van der Waals surface area contributed by atoms with Crippen LogP contribution in [0.3, 0.4) is 0 Å². The third kappa shape index (κ3) is 9.00. The van der Waals surface area contributed by atoms with Gasteiger partial charge < -0.3 is 26.3 Å². The molecule has 3 heterocycles. The van der Waals surface area contributed by atoms with Gasteiger partial charge in [0.1, 0.15) is 0 Å². The maximum Gasteiger partial charge on any atom is 3.00 e. The Labute approximate surface area is 322 Å². The van der Waals surface area contributed by atoms with Crippen LogP contribution in [0.15, 0.2) is 100 Å². The molecule has 0 aliphatic rings. The molecule has 0 spiro atoms. The standard InChI is InChI=1S/3C9H5Br2NO.2H2O.Sm/c3*10-6-4-7(11)9(13)8-5(6)2-1-3-12-8;;;/h3*1-4,13H;2*1H2;/q;;;;;+3/p-3. The number of hydrogen-bond acceptors (Lipinski definition) is 6. The van der Waals surface area contributed by atoms with E-state index in [1.807, 2.05) is 18.2 Å². The van der Waals surface area contributed by atoms with Gasteiger partial charge in [-0.2, -0.15) is 0 Å². The number of aromatic nitrogens is 3. The average molecular weight is 1090 g/mol. The Morgan fingerprint density at radius 1 is 0.429 bits per heavy atom. The summed E-state index contributed by atoms with van der Waals surface area (Å²) in [5.41, 5.74) is 1.47. The van der Waals surface area contributed by atoms with Gasteiger partial charge in [-0.15, -0.1) is 0 Å². The van der Waals surface area contributed by atoms with Gasteiger partial charge in [-0.3, -0.25) is 15.0 Å². The van der Waals surface area contributed by atoms with Gasteiger partial charge in [-0.05, 0) is 36.4 Å². The molecule has 3 aromatic heterocycles. The summed E-state index contributed by atoms with van der Waals surface area (Å²) in [6, 6.07) is 16.2. The quantitative estimate of drug-likeness (QED) is 0.161. The summed E-state index contributed by atoms with van der Waals surface area (Å²) in [5.74, 6) is -0.212. The van der Waals surface area contributed by atoms with Crippen LogP contribution in [0.2, 0.25) is 0 Å². The molecule has 217 valence electrons. The van der Waals surface area contributed by atoms with E-state index in [0.29, 0.717) is 30.0 Å². The fourth-order valence-corrected chi connectivity index (χ4v) is 7.26. The van der Waals surface area contributed by atoms with Gasteiger partial charge in [-0.25, -0.2) is 0 Å². The van der Waals surface area contributed by atoms with Gasteiger partial charge in [0, 0.05) is 61.6 Å². The summed E-state index contributed by atoms with van der Waals surface area (Å²) in [7, 11) is 0. The first-order valence-electron chi connectivity index (χ1n) is 10.8. The van der Waals surface area contributed by atoms with E-state index in [9.17, 15) is 15.3 Å². The number of nitrogens with zero attached hydrogens (tertiary/aromatic N) is 3. The van der Waals surface area contributed by atoms with E-state index < -0.39 is 0 Å². The first kappa shape index (κ1) is 39.5. The second-order valence-electron chi connectivity index (χ2n) is 7.71. The van der Waals surface area contributed by atoms with Crippen LogP contribution in [0.25, 0.3) is 32.7 Å². The van der Waals surface area contributed by atoms with Crippen molar-refractivity contribution < 1.29 is 66.7 Å². The second-order valence-corrected chi connectivity index (χ2v) is 12.8. The van der Waals surface area contributed by atoms with Crippen LogP contribution in [-0.2, 0) is 0 Å². The smallest absolute Gasteiger partial charge is 0.870 e. The minimum Gasteiger partial charge on any atom is -0.870 e. The molecule has 0 saturated carbocycles. The molecule has 42 heavy (non-hydrogen) atoms. The summed E-state index contributed by atoms with van der Waals surface area (Å²) in [5, 5.41) is 37.2. The molecule has 0 fully saturated rings. The Morgan fingerprint density at radius 3 is 0.905 bits per heavy atom. The number of pyridine rings is 3. The molecule has 0 bridgehead atoms. The molecule has 0 saturated heterocycles. The van der Waals surface area contributed by atoms with Crippen molar-refractivity contribution in [1.29, 1.82) is 0 Å². The number of fused-ring (bicyclic) bond motifs is 3. The Bertz CT molecular complexity index is 1640. The Hall–Kier alpha value is -0.572. The molecule has 0 unspecified atom stereocenters. The van der Waals surface area contributed by atoms with Crippen LogP contribution in [-0.4, -0.2) is 25.9 Å². The normalized spacial score (nSPS) is 9.86. The van der Waals surface area contributed by atoms with Crippen LogP contribution in [0, 0.1) is 40.4 Å². The van der Waals surface area contributed by atoms with Crippen molar-refractivity contribution in [3.05, 3.63) is 100 Å². The molecule has 0 amide bonds. The fourth-order valence-electron chi connectivity index (χ4n) is 3.44. The van der Waals surface area contributed by atoms with Gasteiger partial charge >= 0.3 is 40.4 Å². The summed E-state index contributed by atoms with van der Waals surface area (Å²) >= 11 is 19.7. The molecule has 3 aromatic carbocycles. The van der Waals surface area contributed by atoms with E-state index in [2.05, 4.69) is 111 Å². The van der Waals surface area contributed by atoms with E-state index in [4.69, 9.17) is 0 Å². The van der Waals surface area contributed by atoms with Gasteiger partial charge in [0.25, 0.3) is 0 Å². The third-order valence-corrected chi connectivity index (χ3v) is 8.99. The molecule has 6 rings (SSSR count). The monoisotopic (exact) mass is 1090 g/mol. The zero-order valence-electron chi connectivity index (χ0n) is 20.7. The summed E-state index contributed by atoms with van der Waals surface area (Å²) in [6.07, 6.45) is 4.84. The van der Waals surface area contributed by atoms with Crippen molar-refractivity contribution in [2.75, 3.05) is 0 Å². The van der Waals surface area contributed by atoms with Crippen molar-refractivity contribution in [1.82, 2.24) is 15.0 Å². The van der Waals surface area contributed by atoms with Crippen molar-refractivity contribution in [3.63, 3.8) is 0 Å². The predicted molar refractivity (Wildman–Crippen MR) is 177 cm³/mol. The van der Waals surface area contributed by atoms with E-state index in [0.717, 1.165) is 29.6 Å².